The van der Waals surface area contributed by atoms with E-state index in [1.807, 2.05) is 4.98 Å². The number of fused-ring (bicyclic) bond motifs is 1. The summed E-state index contributed by atoms with van der Waals surface area (Å²) in [6, 6.07) is -0.232. The maximum Gasteiger partial charge on any atom is 0.406 e. The summed E-state index contributed by atoms with van der Waals surface area (Å²) in [6.45, 7) is 1.98. The van der Waals surface area contributed by atoms with Crippen LogP contribution in [0.3, 0.4) is 0 Å². The van der Waals surface area contributed by atoms with Gasteiger partial charge >= 0.3 is 19.4 Å². The molecule has 2 saturated heterocycles. The summed E-state index contributed by atoms with van der Waals surface area (Å²) < 4.78 is 44.6. The summed E-state index contributed by atoms with van der Waals surface area (Å²) in [5.41, 5.74) is -3.86. The Bertz CT molecular complexity index is 883. The molecule has 144 valence electrons. The second-order valence-corrected chi connectivity index (χ2v) is 7.93. The molecule has 0 aromatic carbocycles. The third kappa shape index (κ3) is 3.26. The van der Waals surface area contributed by atoms with Crippen molar-refractivity contribution in [2.45, 2.75) is 44.0 Å². The highest BCUT2D eigenvalue weighted by atomic mass is 31.2. The van der Waals surface area contributed by atoms with Crippen molar-refractivity contribution >= 4 is 13.7 Å². The Hall–Kier alpha value is -1.85. The molecule has 1 aromatic rings. The first-order valence-electron chi connectivity index (χ1n) is 7.63. The van der Waals surface area contributed by atoms with E-state index < -0.39 is 55.1 Å². The molecular formula is C13H17FN3O8P. The number of hydrogen-bond donors (Lipinski definition) is 3. The molecule has 2 aliphatic heterocycles. The number of rotatable bonds is 4. The van der Waals surface area contributed by atoms with Gasteiger partial charge in [-0.15, -0.1) is 0 Å². The number of H-pyrrole nitrogens is 1. The number of halogens is 1. The van der Waals surface area contributed by atoms with E-state index in [-0.39, 0.29) is 6.61 Å². The van der Waals surface area contributed by atoms with E-state index in [4.69, 9.17) is 18.9 Å². The Morgan fingerprint density at radius 3 is 2.88 bits per heavy atom. The smallest absolute Gasteiger partial charge is 0.406 e. The van der Waals surface area contributed by atoms with Crippen molar-refractivity contribution < 1.29 is 32.6 Å². The highest BCUT2D eigenvalue weighted by Gasteiger charge is 2.61. The molecule has 3 rings (SSSR count). The van der Waals surface area contributed by atoms with Gasteiger partial charge in [-0.3, -0.25) is 28.2 Å². The molecule has 0 aliphatic carbocycles. The van der Waals surface area contributed by atoms with Crippen LogP contribution in [0.2, 0.25) is 0 Å². The topological polar surface area (TPSA) is 149 Å². The normalized spacial score (nSPS) is 37.9. The molecule has 3 heterocycles. The van der Waals surface area contributed by atoms with Gasteiger partial charge in [0.15, 0.2) is 11.9 Å². The van der Waals surface area contributed by atoms with Gasteiger partial charge in [0.2, 0.25) is 0 Å². The molecule has 26 heavy (non-hydrogen) atoms. The van der Waals surface area contributed by atoms with E-state index in [0.717, 1.165) is 23.8 Å². The predicted molar refractivity (Wildman–Crippen MR) is 83.4 cm³/mol. The van der Waals surface area contributed by atoms with Gasteiger partial charge in [-0.05, 0) is 13.8 Å². The molecule has 0 radical (unpaired) electrons. The van der Waals surface area contributed by atoms with E-state index in [9.17, 15) is 18.9 Å². The highest BCUT2D eigenvalue weighted by Crippen LogP contribution is 2.56. The first-order valence-corrected chi connectivity index (χ1v) is 9.17. The van der Waals surface area contributed by atoms with Crippen LogP contribution in [-0.2, 0) is 23.1 Å². The lowest BCUT2D eigenvalue weighted by molar-refractivity contribution is -0.138. The van der Waals surface area contributed by atoms with Crippen molar-refractivity contribution in [1.82, 2.24) is 14.6 Å². The summed E-state index contributed by atoms with van der Waals surface area (Å²) in [5.74, 6) is -1.29. The quantitative estimate of drug-likeness (QED) is 0.589. The molecule has 0 spiro atoms. The van der Waals surface area contributed by atoms with Crippen LogP contribution in [-0.4, -0.2) is 51.2 Å². The minimum atomic E-state index is -4.11. The fourth-order valence-electron chi connectivity index (χ4n) is 2.83. The fourth-order valence-corrected chi connectivity index (χ4v) is 4.60. The van der Waals surface area contributed by atoms with E-state index in [1.165, 1.54) is 6.92 Å². The van der Waals surface area contributed by atoms with Gasteiger partial charge in [-0.2, -0.15) is 0 Å². The number of alkyl halides is 1. The van der Waals surface area contributed by atoms with Crippen molar-refractivity contribution in [2.24, 2.45) is 0 Å². The third-order valence-electron chi connectivity index (χ3n) is 4.17. The Morgan fingerprint density at radius 2 is 2.27 bits per heavy atom. The molecule has 0 amide bonds. The zero-order chi connectivity index (χ0) is 19.3. The van der Waals surface area contributed by atoms with E-state index in [2.05, 4.69) is 5.09 Å². The standard InChI is InChI=1S/C13H17FN3O8P/c1-6(10(19)20)16-26(22)23-5-7-9(25-26)13(2,14)11(24-7)17-4-3-8(18)15-12(17)21/h3-4,6-7,9,11H,5H2,1-2H3,(H,16,22)(H,19,20)(H,15,18,21)/t6?,7-,9-,11-,13-,26?/m1/s1. The molecule has 2 aliphatic rings. The number of hydrogen-bond acceptors (Lipinski definition) is 7. The number of aliphatic carboxylic acids is 1. The average molecular weight is 393 g/mol. The predicted octanol–water partition coefficient (Wildman–Crippen LogP) is -0.252. The lowest BCUT2D eigenvalue weighted by Gasteiger charge is -2.35. The van der Waals surface area contributed by atoms with E-state index >= 15 is 4.39 Å². The van der Waals surface area contributed by atoms with Gasteiger partial charge in [0, 0.05) is 12.3 Å². The zero-order valence-corrected chi connectivity index (χ0v) is 14.6. The molecule has 0 saturated carbocycles. The minimum absolute atomic E-state index is 0.338. The van der Waals surface area contributed by atoms with Crippen LogP contribution < -0.4 is 16.3 Å². The Kier molecular flexibility index (Phi) is 4.65. The molecule has 11 nitrogen and oxygen atoms in total. The largest absolute Gasteiger partial charge is 0.480 e. The first kappa shape index (κ1) is 18.9. The molecule has 6 atom stereocenters. The van der Waals surface area contributed by atoms with Gasteiger partial charge in [0.05, 0.1) is 6.61 Å². The maximum atomic E-state index is 15.4. The molecular weight excluding hydrogens is 376 g/mol. The summed E-state index contributed by atoms with van der Waals surface area (Å²) in [6.07, 6.45) is -2.77. The van der Waals surface area contributed by atoms with Gasteiger partial charge in [0.1, 0.15) is 18.2 Å². The van der Waals surface area contributed by atoms with Crippen molar-refractivity contribution in [1.29, 1.82) is 0 Å². The number of carbonyl (C=O) groups is 1. The lowest BCUT2D eigenvalue weighted by atomic mass is 9.98. The summed E-state index contributed by atoms with van der Waals surface area (Å²) >= 11 is 0. The first-order chi connectivity index (χ1) is 12.0. The zero-order valence-electron chi connectivity index (χ0n) is 13.7. The molecule has 0 bridgehead atoms. The van der Waals surface area contributed by atoms with Crippen LogP contribution in [0, 0.1) is 0 Å². The van der Waals surface area contributed by atoms with Crippen LogP contribution in [0.4, 0.5) is 4.39 Å². The van der Waals surface area contributed by atoms with Gasteiger partial charge in [-0.1, -0.05) is 0 Å². The number of ether oxygens (including phenoxy) is 1. The van der Waals surface area contributed by atoms with Crippen molar-refractivity contribution in [2.75, 3.05) is 6.61 Å². The summed E-state index contributed by atoms with van der Waals surface area (Å²) in [5, 5.41) is 11.1. The highest BCUT2D eigenvalue weighted by molar-refractivity contribution is 7.51. The Balaban J connectivity index is 1.87. The number of nitrogens with one attached hydrogen (secondary N) is 2. The maximum absolute atomic E-state index is 15.4. The molecule has 13 heteroatoms. The number of aromatic amines is 1. The van der Waals surface area contributed by atoms with E-state index in [0.29, 0.717) is 0 Å². The third-order valence-corrected chi connectivity index (χ3v) is 5.86. The number of nitrogens with zero attached hydrogens (tertiary/aromatic N) is 1. The second kappa shape index (κ2) is 6.39. The number of carboxylic acids is 1. The van der Waals surface area contributed by atoms with Crippen molar-refractivity contribution in [3.8, 4) is 0 Å². The van der Waals surface area contributed by atoms with Crippen LogP contribution in [0.5, 0.6) is 0 Å². The summed E-state index contributed by atoms with van der Waals surface area (Å²) in [7, 11) is -4.11. The Morgan fingerprint density at radius 1 is 1.58 bits per heavy atom. The molecule has 2 fully saturated rings. The molecule has 1 aromatic heterocycles. The number of carboxylic acid groups (broad SMARTS) is 1. The SMILES string of the molecule is CC(NP1(=O)OC[C@H]2O[C@@H](n3ccc(=O)[nH]c3=O)[C@](C)(F)[C@@H]2O1)C(=O)O. The monoisotopic (exact) mass is 393 g/mol. The Labute approximate surface area is 145 Å². The van der Waals surface area contributed by atoms with Gasteiger partial charge in [0.25, 0.3) is 5.56 Å². The van der Waals surface area contributed by atoms with Gasteiger partial charge in [-0.25, -0.2) is 18.8 Å². The van der Waals surface area contributed by atoms with Gasteiger partial charge < -0.3 is 9.84 Å². The summed E-state index contributed by atoms with van der Waals surface area (Å²) in [4.78, 5) is 36.0. The van der Waals surface area contributed by atoms with Crippen LogP contribution in [0.1, 0.15) is 20.1 Å². The average Bonchev–Trinajstić information content (AvgIpc) is 2.78. The van der Waals surface area contributed by atoms with E-state index in [1.54, 1.807) is 0 Å². The molecule has 3 N–H and O–H groups in total. The second-order valence-electron chi connectivity index (χ2n) is 6.20. The minimum Gasteiger partial charge on any atom is -0.480 e. The lowest BCUT2D eigenvalue weighted by Crippen LogP contribution is -2.48. The van der Waals surface area contributed by atoms with Crippen molar-refractivity contribution in [3.63, 3.8) is 0 Å². The van der Waals surface area contributed by atoms with Crippen LogP contribution in [0.25, 0.3) is 0 Å². The fraction of sp³-hybridized carbons (Fsp3) is 0.615. The van der Waals surface area contributed by atoms with Crippen LogP contribution >= 0.6 is 7.75 Å². The number of aromatic nitrogens is 2. The van der Waals surface area contributed by atoms with Crippen LogP contribution in [0.15, 0.2) is 21.9 Å². The molecule has 2 unspecified atom stereocenters. The van der Waals surface area contributed by atoms with Crippen molar-refractivity contribution in [3.05, 3.63) is 33.1 Å².